The number of hydrogen-bond donors (Lipinski definition) is 1. The molecule has 0 aromatic heterocycles. The number of carbonyl (C=O) groups excluding carboxylic acids is 2. The Morgan fingerprint density at radius 3 is 1.25 bits per heavy atom. The van der Waals surface area contributed by atoms with Gasteiger partial charge in [-0.2, -0.15) is 0 Å². The predicted octanol–water partition coefficient (Wildman–Crippen LogP) is 19.8. The molecule has 0 aromatic rings. The SMILES string of the molecule is CCCC/C=C\CCCCCCCC(=O)OC(/C=C/CCCCCCCCCCCCC)C(COP(=O)([O-])OCC[N+](C)(C)C)NC(=O)CCCCCCCCCCCCCCCCCCC/C=C\C/C=C\CCCCC. The van der Waals surface area contributed by atoms with E-state index in [4.69, 9.17) is 13.8 Å². The molecule has 0 fully saturated rings. The van der Waals surface area contributed by atoms with E-state index in [9.17, 15) is 19.0 Å². The highest BCUT2D eigenvalue weighted by molar-refractivity contribution is 7.45. The standard InChI is InChI=1S/C67H127N2O7P/c1-7-10-13-16-19-22-25-27-28-29-30-31-32-33-34-35-36-37-38-39-40-42-45-47-50-53-56-59-66(70)68-64(63-75-77(72,73)74-62-61-69(4,5)6)65(58-55-52-49-46-44-41-26-23-20-17-14-11-8-2)76-67(71)60-57-54-51-48-43-24-21-18-15-12-9-3/h18-19,21-22,27-28,55,58,64-65H,7-17,20,23-26,29-54,56-57,59-63H2,1-6H3,(H-,68,70,72,73)/b21-18-,22-19-,28-27-,58-55+. The highest BCUT2D eigenvalue weighted by Gasteiger charge is 2.27. The molecule has 452 valence electrons. The van der Waals surface area contributed by atoms with Gasteiger partial charge in [-0.25, -0.2) is 0 Å². The van der Waals surface area contributed by atoms with Crippen LogP contribution in [0.4, 0.5) is 0 Å². The second-order valence-electron chi connectivity index (χ2n) is 23.6. The molecule has 3 unspecified atom stereocenters. The van der Waals surface area contributed by atoms with Crippen LogP contribution in [-0.4, -0.2) is 69.4 Å². The summed E-state index contributed by atoms with van der Waals surface area (Å²) in [6.07, 6.45) is 70.9. The minimum atomic E-state index is -4.70. The normalized spacial score (nSPS) is 13.9. The Kier molecular flexibility index (Phi) is 55.7. The van der Waals surface area contributed by atoms with Gasteiger partial charge in [-0.05, 0) is 83.1 Å². The first kappa shape index (κ1) is 75.0. The summed E-state index contributed by atoms with van der Waals surface area (Å²) < 4.78 is 30.3. The van der Waals surface area contributed by atoms with E-state index in [1.165, 1.54) is 193 Å². The zero-order valence-corrected chi connectivity index (χ0v) is 52.6. The second-order valence-corrected chi connectivity index (χ2v) is 25.0. The maximum absolute atomic E-state index is 13.5. The zero-order valence-electron chi connectivity index (χ0n) is 51.7. The summed E-state index contributed by atoms with van der Waals surface area (Å²) in [6.45, 7) is 6.81. The number of phosphoric acid groups is 1. The van der Waals surface area contributed by atoms with Crippen LogP contribution in [0.15, 0.2) is 48.6 Å². The molecule has 1 amide bonds. The molecule has 0 aliphatic rings. The Morgan fingerprint density at radius 2 is 0.805 bits per heavy atom. The van der Waals surface area contributed by atoms with Crippen molar-refractivity contribution in [2.75, 3.05) is 40.9 Å². The molecule has 3 atom stereocenters. The van der Waals surface area contributed by atoms with E-state index in [-0.39, 0.29) is 31.5 Å². The molecule has 0 aliphatic carbocycles. The van der Waals surface area contributed by atoms with Gasteiger partial charge in [0.2, 0.25) is 5.91 Å². The van der Waals surface area contributed by atoms with Gasteiger partial charge in [-0.3, -0.25) is 14.2 Å². The Bertz CT molecular complexity index is 1460. The van der Waals surface area contributed by atoms with Crippen molar-refractivity contribution in [3.05, 3.63) is 48.6 Å². The average Bonchev–Trinajstić information content (AvgIpc) is 3.39. The van der Waals surface area contributed by atoms with Crippen molar-refractivity contribution in [3.63, 3.8) is 0 Å². The number of hydrogen-bond acceptors (Lipinski definition) is 7. The topological polar surface area (TPSA) is 114 Å². The van der Waals surface area contributed by atoms with Gasteiger partial charge in [0.25, 0.3) is 7.82 Å². The van der Waals surface area contributed by atoms with E-state index < -0.39 is 20.0 Å². The first-order valence-electron chi connectivity index (χ1n) is 32.9. The quantitative estimate of drug-likeness (QED) is 0.0212. The summed E-state index contributed by atoms with van der Waals surface area (Å²) in [6, 6.07) is -0.889. The van der Waals surface area contributed by atoms with Crippen LogP contribution in [0.25, 0.3) is 0 Å². The Morgan fingerprint density at radius 1 is 0.455 bits per heavy atom. The molecule has 0 saturated carbocycles. The number of allylic oxidation sites excluding steroid dienone is 7. The fraction of sp³-hybridized carbons (Fsp3) is 0.851. The lowest BCUT2D eigenvalue weighted by Crippen LogP contribution is -2.47. The minimum Gasteiger partial charge on any atom is -0.756 e. The van der Waals surface area contributed by atoms with Crippen LogP contribution < -0.4 is 10.2 Å². The molecule has 0 spiro atoms. The number of unbranched alkanes of at least 4 members (excludes halogenated alkanes) is 38. The van der Waals surface area contributed by atoms with Gasteiger partial charge in [0.1, 0.15) is 19.3 Å². The summed E-state index contributed by atoms with van der Waals surface area (Å²) in [4.78, 5) is 40.0. The van der Waals surface area contributed by atoms with E-state index in [1.807, 2.05) is 33.3 Å². The molecule has 9 nitrogen and oxygen atoms in total. The van der Waals surface area contributed by atoms with Crippen LogP contribution in [0.5, 0.6) is 0 Å². The molecule has 0 heterocycles. The number of rotatable bonds is 60. The van der Waals surface area contributed by atoms with Crippen molar-refractivity contribution in [2.24, 2.45) is 0 Å². The van der Waals surface area contributed by atoms with Crippen LogP contribution in [0.2, 0.25) is 0 Å². The molecule has 1 N–H and O–H groups in total. The van der Waals surface area contributed by atoms with Crippen LogP contribution in [0.1, 0.15) is 316 Å². The number of nitrogens with zero attached hydrogens (tertiary/aromatic N) is 1. The van der Waals surface area contributed by atoms with Gasteiger partial charge < -0.3 is 28.5 Å². The zero-order chi connectivity index (χ0) is 56.4. The largest absolute Gasteiger partial charge is 0.756 e. The van der Waals surface area contributed by atoms with E-state index in [1.54, 1.807) is 0 Å². The maximum Gasteiger partial charge on any atom is 0.306 e. The lowest BCUT2D eigenvalue weighted by molar-refractivity contribution is -0.870. The fourth-order valence-electron chi connectivity index (χ4n) is 9.59. The first-order chi connectivity index (χ1) is 37.4. The molecular formula is C67H127N2O7P. The van der Waals surface area contributed by atoms with Crippen molar-refractivity contribution in [1.29, 1.82) is 0 Å². The van der Waals surface area contributed by atoms with Gasteiger partial charge in [0, 0.05) is 12.8 Å². The van der Waals surface area contributed by atoms with Gasteiger partial charge in [0.15, 0.2) is 0 Å². The number of nitrogens with one attached hydrogen (secondary N) is 1. The number of phosphoric ester groups is 1. The van der Waals surface area contributed by atoms with E-state index in [0.29, 0.717) is 17.4 Å². The van der Waals surface area contributed by atoms with Gasteiger partial charge in [0.05, 0.1) is 33.8 Å². The van der Waals surface area contributed by atoms with Crippen LogP contribution in [-0.2, 0) is 27.9 Å². The highest BCUT2D eigenvalue weighted by atomic mass is 31.2. The van der Waals surface area contributed by atoms with Crippen LogP contribution >= 0.6 is 7.82 Å². The van der Waals surface area contributed by atoms with Crippen LogP contribution in [0.3, 0.4) is 0 Å². The molecule has 0 rings (SSSR count). The Balaban J connectivity index is 4.98. The average molecular weight is 1100 g/mol. The number of quaternary nitrogens is 1. The summed E-state index contributed by atoms with van der Waals surface area (Å²) in [5, 5.41) is 3.03. The molecule has 0 radical (unpaired) electrons. The molecule has 0 bridgehead atoms. The Labute approximate surface area is 478 Å². The van der Waals surface area contributed by atoms with E-state index in [0.717, 1.165) is 89.9 Å². The third-order valence-corrected chi connectivity index (χ3v) is 15.7. The lowest BCUT2D eigenvalue weighted by Gasteiger charge is -2.30. The van der Waals surface area contributed by atoms with Gasteiger partial charge >= 0.3 is 5.97 Å². The highest BCUT2D eigenvalue weighted by Crippen LogP contribution is 2.38. The fourth-order valence-corrected chi connectivity index (χ4v) is 10.3. The predicted molar refractivity (Wildman–Crippen MR) is 330 cm³/mol. The summed E-state index contributed by atoms with van der Waals surface area (Å²) in [7, 11) is 1.19. The number of ether oxygens (including phenoxy) is 1. The van der Waals surface area contributed by atoms with Gasteiger partial charge in [-0.15, -0.1) is 0 Å². The summed E-state index contributed by atoms with van der Waals surface area (Å²) >= 11 is 0. The second kappa shape index (κ2) is 57.2. The molecule has 77 heavy (non-hydrogen) atoms. The minimum absolute atomic E-state index is 0.0222. The molecule has 0 aliphatic heterocycles. The lowest BCUT2D eigenvalue weighted by atomic mass is 10.0. The molecule has 0 saturated heterocycles. The number of likely N-dealkylation sites (N-methyl/N-ethyl adjacent to an activating group) is 1. The van der Waals surface area contributed by atoms with Crippen molar-refractivity contribution >= 4 is 19.7 Å². The first-order valence-corrected chi connectivity index (χ1v) is 34.4. The van der Waals surface area contributed by atoms with Crippen LogP contribution in [0, 0.1) is 0 Å². The number of amides is 1. The smallest absolute Gasteiger partial charge is 0.306 e. The van der Waals surface area contributed by atoms with Gasteiger partial charge in [-0.1, -0.05) is 269 Å². The Hall–Kier alpha value is -2.03. The number of esters is 1. The molecule has 10 heteroatoms. The monoisotopic (exact) mass is 1100 g/mol. The van der Waals surface area contributed by atoms with Crippen molar-refractivity contribution in [3.8, 4) is 0 Å². The third-order valence-electron chi connectivity index (χ3n) is 14.7. The molecule has 0 aromatic carbocycles. The summed E-state index contributed by atoms with van der Waals surface area (Å²) in [5.41, 5.74) is 0. The number of carbonyl (C=O) groups is 2. The van der Waals surface area contributed by atoms with E-state index in [2.05, 4.69) is 62.5 Å². The molecular weight excluding hydrogens is 976 g/mol. The van der Waals surface area contributed by atoms with E-state index >= 15 is 0 Å². The third kappa shape index (κ3) is 58.4. The van der Waals surface area contributed by atoms with Crippen molar-refractivity contribution < 1.29 is 37.3 Å². The maximum atomic E-state index is 13.5. The van der Waals surface area contributed by atoms with Crippen molar-refractivity contribution in [2.45, 2.75) is 328 Å². The van der Waals surface area contributed by atoms with Crippen molar-refractivity contribution in [1.82, 2.24) is 5.32 Å². The summed E-state index contributed by atoms with van der Waals surface area (Å²) in [5.74, 6) is -0.541.